The Hall–Kier alpha value is -3.31. The molecular weight excluding hydrogens is 468 g/mol. The molecule has 36 heavy (non-hydrogen) atoms. The first-order valence-corrected chi connectivity index (χ1v) is 12.2. The Kier molecular flexibility index (Phi) is 5.56. The normalized spacial score (nSPS) is 21.1. The number of aryl methyl sites for hydroxylation is 1. The van der Waals surface area contributed by atoms with Gasteiger partial charge in [-0.05, 0) is 44.5 Å². The van der Waals surface area contributed by atoms with E-state index >= 15 is 4.39 Å². The molecule has 6 rings (SSSR count). The summed E-state index contributed by atoms with van der Waals surface area (Å²) in [4.78, 5) is 11.1. The van der Waals surface area contributed by atoms with E-state index in [1.54, 1.807) is 10.7 Å². The van der Waals surface area contributed by atoms with Crippen molar-refractivity contribution >= 4 is 22.5 Å². The number of rotatable bonds is 6. The Morgan fingerprint density at radius 1 is 1.19 bits per heavy atom. The molecule has 1 aromatic carbocycles. The molecule has 4 aromatic rings. The first-order valence-electron chi connectivity index (χ1n) is 12.2. The summed E-state index contributed by atoms with van der Waals surface area (Å²) in [5, 5.41) is 7.70. The molecule has 0 radical (unpaired) electrons. The lowest BCUT2D eigenvalue weighted by Gasteiger charge is -2.34. The van der Waals surface area contributed by atoms with Gasteiger partial charge in [-0.3, -0.25) is 4.90 Å². The summed E-state index contributed by atoms with van der Waals surface area (Å²) in [5.74, 6) is 0.963. The summed E-state index contributed by atoms with van der Waals surface area (Å²) < 4.78 is 44.4. The number of benzene rings is 1. The molecule has 2 aliphatic heterocycles. The summed E-state index contributed by atoms with van der Waals surface area (Å²) in [5.41, 5.74) is 3.08. The van der Waals surface area contributed by atoms with Gasteiger partial charge in [-0.15, -0.1) is 5.10 Å². The number of halogens is 2. The van der Waals surface area contributed by atoms with Crippen molar-refractivity contribution in [3.63, 3.8) is 0 Å². The summed E-state index contributed by atoms with van der Waals surface area (Å²) >= 11 is 0. The third-order valence-electron chi connectivity index (χ3n) is 7.15. The fraction of sp³-hybridized carbons (Fsp3) is 0.480. The average molecular weight is 498 g/mol. The average Bonchev–Trinajstić information content (AvgIpc) is 3.47. The number of imidazole rings is 1. The van der Waals surface area contributed by atoms with Gasteiger partial charge in [0.05, 0.1) is 37.9 Å². The number of anilines is 1. The van der Waals surface area contributed by atoms with Gasteiger partial charge in [0.25, 0.3) is 0 Å². The molecule has 0 unspecified atom stereocenters. The van der Waals surface area contributed by atoms with Crippen LogP contribution in [0.2, 0.25) is 0 Å². The Labute approximate surface area is 207 Å². The van der Waals surface area contributed by atoms with Crippen LogP contribution in [-0.4, -0.2) is 80.7 Å². The van der Waals surface area contributed by atoms with Crippen LogP contribution in [0.3, 0.4) is 0 Å². The van der Waals surface area contributed by atoms with Gasteiger partial charge >= 0.3 is 0 Å². The van der Waals surface area contributed by atoms with Gasteiger partial charge in [0.2, 0.25) is 11.8 Å². The minimum absolute atomic E-state index is 0.129. The first kappa shape index (κ1) is 23.1. The Morgan fingerprint density at radius 3 is 2.69 bits per heavy atom. The highest BCUT2D eigenvalue weighted by atomic mass is 19.1. The second kappa shape index (κ2) is 8.67. The minimum atomic E-state index is -1.04. The van der Waals surface area contributed by atoms with Crippen LogP contribution < -0.4 is 10.1 Å². The molecule has 2 atom stereocenters. The zero-order valence-electron chi connectivity index (χ0n) is 20.7. The monoisotopic (exact) mass is 497 g/mol. The van der Waals surface area contributed by atoms with Crippen LogP contribution in [0.25, 0.3) is 27.7 Å². The maximum Gasteiger partial charge on any atom is 0.244 e. The lowest BCUT2D eigenvalue weighted by Crippen LogP contribution is -2.48. The van der Waals surface area contributed by atoms with Gasteiger partial charge < -0.3 is 19.4 Å². The molecule has 5 heterocycles. The molecule has 190 valence electrons. The summed E-state index contributed by atoms with van der Waals surface area (Å²) in [6.45, 7) is 8.17. The molecule has 1 N–H and O–H groups in total. The summed E-state index contributed by atoms with van der Waals surface area (Å²) in [6, 6.07) is 5.23. The number of fused-ring (bicyclic) bond motifs is 2. The molecule has 0 bridgehead atoms. The molecule has 0 spiro atoms. The van der Waals surface area contributed by atoms with Gasteiger partial charge in [0.1, 0.15) is 23.0 Å². The maximum absolute atomic E-state index is 15.1. The zero-order valence-corrected chi connectivity index (χ0v) is 20.7. The van der Waals surface area contributed by atoms with Crippen molar-refractivity contribution in [2.24, 2.45) is 0 Å². The fourth-order valence-corrected chi connectivity index (χ4v) is 5.33. The molecule has 2 saturated heterocycles. The smallest absolute Gasteiger partial charge is 0.244 e. The third-order valence-corrected chi connectivity index (χ3v) is 7.15. The number of nitrogens with one attached hydrogen (secondary N) is 1. The van der Waals surface area contributed by atoms with E-state index in [4.69, 9.17) is 9.47 Å². The predicted octanol–water partition coefficient (Wildman–Crippen LogP) is 3.62. The van der Waals surface area contributed by atoms with Crippen LogP contribution in [0.15, 0.2) is 24.4 Å². The third kappa shape index (κ3) is 3.68. The summed E-state index contributed by atoms with van der Waals surface area (Å²) in [7, 11) is 1.52. The fourth-order valence-electron chi connectivity index (χ4n) is 5.33. The lowest BCUT2D eigenvalue weighted by atomic mass is 10.1. The number of aromatic nitrogens is 5. The van der Waals surface area contributed by atoms with Gasteiger partial charge in [-0.1, -0.05) is 0 Å². The Morgan fingerprint density at radius 2 is 2.00 bits per heavy atom. The predicted molar refractivity (Wildman–Crippen MR) is 132 cm³/mol. The quantitative estimate of drug-likeness (QED) is 0.436. The number of alkyl halides is 1. The maximum atomic E-state index is 15.1. The van der Waals surface area contributed by atoms with Crippen molar-refractivity contribution < 1.29 is 18.3 Å². The molecular formula is C25H29F2N7O2. The molecule has 0 aliphatic carbocycles. The zero-order chi connectivity index (χ0) is 25.1. The number of ether oxygens (including phenoxy) is 2. The van der Waals surface area contributed by atoms with E-state index in [1.165, 1.54) is 13.2 Å². The van der Waals surface area contributed by atoms with Crippen molar-refractivity contribution in [1.82, 2.24) is 29.0 Å². The highest BCUT2D eigenvalue weighted by molar-refractivity contribution is 5.90. The van der Waals surface area contributed by atoms with Gasteiger partial charge in [0, 0.05) is 30.9 Å². The molecule has 0 saturated carbocycles. The van der Waals surface area contributed by atoms with Crippen molar-refractivity contribution in [1.29, 1.82) is 0 Å². The highest BCUT2D eigenvalue weighted by Gasteiger charge is 2.39. The number of methoxy groups -OCH3 is 1. The second-order valence-corrected chi connectivity index (χ2v) is 9.83. The Balaban J connectivity index is 1.37. The number of hydrogen-bond acceptors (Lipinski definition) is 7. The number of likely N-dealkylation sites (tertiary alicyclic amines) is 1. The van der Waals surface area contributed by atoms with Crippen LogP contribution in [0.4, 0.5) is 14.7 Å². The lowest BCUT2D eigenvalue weighted by molar-refractivity contribution is -0.0585. The van der Waals surface area contributed by atoms with Crippen molar-refractivity contribution in [2.45, 2.75) is 45.1 Å². The van der Waals surface area contributed by atoms with Crippen LogP contribution in [0, 0.1) is 12.7 Å². The van der Waals surface area contributed by atoms with Crippen LogP contribution >= 0.6 is 0 Å². The second-order valence-electron chi connectivity index (χ2n) is 9.83. The van der Waals surface area contributed by atoms with E-state index in [9.17, 15) is 4.39 Å². The van der Waals surface area contributed by atoms with E-state index < -0.39 is 12.2 Å². The van der Waals surface area contributed by atoms with Gasteiger partial charge in [-0.2, -0.15) is 4.98 Å². The standard InChI is InChI=1S/C25H29F2N7O2/c1-13(2)34-14(3)28-22-18(26)7-15(8-21(22)34)17-5-6-33-23(17)24(35-4)30-25(31-33)29-20-10-32(9-19(20)27)16-11-36-12-16/h5-8,13,16,19-20H,9-12H2,1-4H3,(H,29,31)/t19-,20+/m0/s1. The molecule has 0 amide bonds. The topological polar surface area (TPSA) is 81.7 Å². The Bertz CT molecular complexity index is 1450. The SMILES string of the molecule is COc1nc(N[C@@H]2CN(C3COC3)C[C@@H]2F)nn2ccc(-c3cc(F)c4nc(C)n(C(C)C)c4c3)c12. The van der Waals surface area contributed by atoms with E-state index in [1.807, 2.05) is 37.5 Å². The molecule has 2 aliphatic rings. The molecule has 2 fully saturated rings. The van der Waals surface area contributed by atoms with Gasteiger partial charge in [0.15, 0.2) is 5.82 Å². The first-order chi connectivity index (χ1) is 17.3. The number of nitrogens with zero attached hydrogens (tertiary/aromatic N) is 6. The van der Waals surface area contributed by atoms with Crippen molar-refractivity contribution in [3.05, 3.63) is 36.0 Å². The minimum Gasteiger partial charge on any atom is -0.479 e. The van der Waals surface area contributed by atoms with E-state index in [-0.39, 0.29) is 23.8 Å². The molecule has 11 heteroatoms. The van der Waals surface area contributed by atoms with Gasteiger partial charge in [-0.25, -0.2) is 18.3 Å². The number of hydrogen-bond donors (Lipinski definition) is 1. The summed E-state index contributed by atoms with van der Waals surface area (Å²) in [6.07, 6.45) is 0.729. The largest absolute Gasteiger partial charge is 0.479 e. The highest BCUT2D eigenvalue weighted by Crippen LogP contribution is 2.35. The van der Waals surface area contributed by atoms with Crippen LogP contribution in [0.5, 0.6) is 5.88 Å². The van der Waals surface area contributed by atoms with Crippen molar-refractivity contribution in [3.8, 4) is 17.0 Å². The van der Waals surface area contributed by atoms with E-state index in [0.717, 1.165) is 16.9 Å². The molecule has 3 aromatic heterocycles. The van der Waals surface area contributed by atoms with Crippen LogP contribution in [-0.2, 0) is 4.74 Å². The van der Waals surface area contributed by atoms with E-state index in [2.05, 4.69) is 25.3 Å². The van der Waals surface area contributed by atoms with E-state index in [0.29, 0.717) is 48.8 Å². The van der Waals surface area contributed by atoms with Crippen molar-refractivity contribution in [2.75, 3.05) is 38.7 Å². The van der Waals surface area contributed by atoms with Crippen LogP contribution in [0.1, 0.15) is 25.7 Å². The molecule has 9 nitrogen and oxygen atoms in total.